The zero-order chi connectivity index (χ0) is 14.4. The number of aryl methyl sites for hydroxylation is 1. The number of nitrogens with zero attached hydrogens (tertiary/aromatic N) is 3. The summed E-state index contributed by atoms with van der Waals surface area (Å²) in [7, 11) is 1.80. The van der Waals surface area contributed by atoms with Crippen molar-refractivity contribution >= 4 is 29.3 Å². The molecule has 1 N–H and O–H groups in total. The van der Waals surface area contributed by atoms with Crippen LogP contribution in [0, 0.1) is 0 Å². The molecule has 2 aromatic rings. The monoisotopic (exact) mass is 310 g/mol. The number of thioether (sulfide) groups is 1. The third kappa shape index (κ3) is 4.25. The van der Waals surface area contributed by atoms with Gasteiger partial charge < -0.3 is 9.88 Å². The normalized spacial score (nSPS) is 10.5. The van der Waals surface area contributed by atoms with Crippen molar-refractivity contribution in [2.24, 2.45) is 7.05 Å². The van der Waals surface area contributed by atoms with Gasteiger partial charge in [-0.05, 0) is 17.7 Å². The van der Waals surface area contributed by atoms with E-state index in [-0.39, 0.29) is 5.91 Å². The molecule has 0 radical (unpaired) electrons. The highest BCUT2D eigenvalue weighted by Gasteiger charge is 2.09. The lowest BCUT2D eigenvalue weighted by Crippen LogP contribution is -2.28. The fourth-order valence-electron chi connectivity index (χ4n) is 1.62. The van der Waals surface area contributed by atoms with Gasteiger partial charge in [-0.2, -0.15) is 11.8 Å². The van der Waals surface area contributed by atoms with E-state index in [1.165, 1.54) is 0 Å². The number of aromatic nitrogens is 3. The highest BCUT2D eigenvalue weighted by molar-refractivity contribution is 7.98. The number of hydrogen-bond donors (Lipinski definition) is 1. The van der Waals surface area contributed by atoms with Crippen LogP contribution in [0.5, 0.6) is 0 Å². The molecule has 2 aromatic heterocycles. The Morgan fingerprint density at radius 3 is 3.00 bits per heavy atom. The van der Waals surface area contributed by atoms with Crippen molar-refractivity contribution in [2.45, 2.75) is 5.75 Å². The van der Waals surface area contributed by atoms with E-state index in [4.69, 9.17) is 11.6 Å². The number of carbonyl (C=O) groups excluding carboxylic acids is 1. The van der Waals surface area contributed by atoms with Crippen LogP contribution in [0.1, 0.15) is 16.2 Å². The highest BCUT2D eigenvalue weighted by Crippen LogP contribution is 2.14. The molecule has 0 bridgehead atoms. The molecule has 2 heterocycles. The van der Waals surface area contributed by atoms with Crippen LogP contribution in [0.15, 0.2) is 30.7 Å². The summed E-state index contributed by atoms with van der Waals surface area (Å²) < 4.78 is 1.70. The van der Waals surface area contributed by atoms with Gasteiger partial charge in [-0.3, -0.25) is 4.79 Å². The van der Waals surface area contributed by atoms with E-state index in [1.807, 2.05) is 12.1 Å². The summed E-state index contributed by atoms with van der Waals surface area (Å²) in [5, 5.41) is 3.35. The average molecular weight is 311 g/mol. The summed E-state index contributed by atoms with van der Waals surface area (Å²) in [4.78, 5) is 19.7. The van der Waals surface area contributed by atoms with Crippen LogP contribution in [0.25, 0.3) is 0 Å². The molecular weight excluding hydrogens is 296 g/mol. The second kappa shape index (κ2) is 7.31. The summed E-state index contributed by atoms with van der Waals surface area (Å²) >= 11 is 7.54. The minimum absolute atomic E-state index is 0.148. The minimum atomic E-state index is -0.148. The van der Waals surface area contributed by atoms with Crippen LogP contribution in [0.3, 0.4) is 0 Å². The maximum atomic E-state index is 11.8. The largest absolute Gasteiger partial charge is 0.349 e. The zero-order valence-electron chi connectivity index (χ0n) is 11.0. The average Bonchev–Trinajstić information content (AvgIpc) is 2.84. The first-order valence-electron chi connectivity index (χ1n) is 6.10. The van der Waals surface area contributed by atoms with Crippen LogP contribution in [0.4, 0.5) is 0 Å². The Kier molecular flexibility index (Phi) is 5.43. The molecule has 0 aliphatic carbocycles. The van der Waals surface area contributed by atoms with Gasteiger partial charge in [-0.15, -0.1) is 0 Å². The summed E-state index contributed by atoms with van der Waals surface area (Å²) in [5.41, 5.74) is 1.13. The Morgan fingerprint density at radius 1 is 1.45 bits per heavy atom. The Labute approximate surface area is 126 Å². The molecule has 0 aromatic carbocycles. The molecule has 0 saturated heterocycles. The topological polar surface area (TPSA) is 59.8 Å². The van der Waals surface area contributed by atoms with Crippen LogP contribution < -0.4 is 5.32 Å². The lowest BCUT2D eigenvalue weighted by molar-refractivity contribution is 0.0943. The van der Waals surface area contributed by atoms with Gasteiger partial charge in [-0.25, -0.2) is 9.97 Å². The number of amides is 1. The number of carbonyl (C=O) groups is 1. The number of rotatable bonds is 6. The Hall–Kier alpha value is -1.53. The molecule has 0 aliphatic rings. The summed E-state index contributed by atoms with van der Waals surface area (Å²) in [6.07, 6.45) is 5.05. The molecule has 5 nitrogen and oxygen atoms in total. The van der Waals surface area contributed by atoms with Gasteiger partial charge in [-0.1, -0.05) is 11.6 Å². The number of hydrogen-bond acceptors (Lipinski definition) is 4. The van der Waals surface area contributed by atoms with Crippen molar-refractivity contribution in [3.63, 3.8) is 0 Å². The molecule has 7 heteroatoms. The van der Waals surface area contributed by atoms with E-state index in [0.717, 1.165) is 17.1 Å². The fraction of sp³-hybridized carbons (Fsp3) is 0.308. The van der Waals surface area contributed by atoms with Crippen molar-refractivity contribution in [1.82, 2.24) is 19.9 Å². The molecule has 0 unspecified atom stereocenters. The molecule has 0 saturated carbocycles. The van der Waals surface area contributed by atoms with Gasteiger partial charge in [0.15, 0.2) is 5.82 Å². The molecular formula is C13H15ClN4OS. The van der Waals surface area contributed by atoms with Gasteiger partial charge in [0.25, 0.3) is 5.91 Å². The van der Waals surface area contributed by atoms with Crippen molar-refractivity contribution in [3.8, 4) is 0 Å². The maximum Gasteiger partial charge on any atom is 0.287 e. The number of nitrogens with one attached hydrogen (secondary N) is 1. The predicted octanol–water partition coefficient (Wildman–Crippen LogP) is 2.13. The summed E-state index contributed by atoms with van der Waals surface area (Å²) in [5.74, 6) is 1.96. The minimum Gasteiger partial charge on any atom is -0.349 e. The molecule has 20 heavy (non-hydrogen) atoms. The summed E-state index contributed by atoms with van der Waals surface area (Å²) in [6, 6.07) is 3.78. The first kappa shape index (κ1) is 14.9. The molecule has 0 atom stereocenters. The van der Waals surface area contributed by atoms with E-state index < -0.39 is 0 Å². The maximum absolute atomic E-state index is 11.8. The SMILES string of the molecule is Cn1ccnc1C(=O)NCCSCc1ccnc(Cl)c1. The molecule has 106 valence electrons. The number of pyridine rings is 1. The molecule has 0 fully saturated rings. The van der Waals surface area contributed by atoms with Crippen LogP contribution in [-0.2, 0) is 12.8 Å². The number of imidazole rings is 1. The van der Waals surface area contributed by atoms with Gasteiger partial charge in [0, 0.05) is 43.7 Å². The van der Waals surface area contributed by atoms with Gasteiger partial charge in [0.1, 0.15) is 5.15 Å². The Bertz CT molecular complexity index is 587. The predicted molar refractivity (Wildman–Crippen MR) is 81.0 cm³/mol. The highest BCUT2D eigenvalue weighted by atomic mass is 35.5. The fourth-order valence-corrected chi connectivity index (χ4v) is 2.63. The molecule has 2 rings (SSSR count). The van der Waals surface area contributed by atoms with Crippen molar-refractivity contribution < 1.29 is 4.79 Å². The van der Waals surface area contributed by atoms with Crippen LogP contribution in [0.2, 0.25) is 5.15 Å². The summed E-state index contributed by atoms with van der Waals surface area (Å²) in [6.45, 7) is 0.606. The van der Waals surface area contributed by atoms with E-state index in [2.05, 4.69) is 15.3 Å². The van der Waals surface area contributed by atoms with Gasteiger partial charge in [0.2, 0.25) is 0 Å². The Balaban J connectivity index is 1.67. The van der Waals surface area contributed by atoms with Gasteiger partial charge in [0.05, 0.1) is 0 Å². The van der Waals surface area contributed by atoms with E-state index >= 15 is 0 Å². The first-order valence-corrected chi connectivity index (χ1v) is 7.64. The van der Waals surface area contributed by atoms with Crippen molar-refractivity contribution in [2.75, 3.05) is 12.3 Å². The number of halogens is 1. The van der Waals surface area contributed by atoms with E-state index in [1.54, 1.807) is 42.0 Å². The van der Waals surface area contributed by atoms with Gasteiger partial charge >= 0.3 is 0 Å². The van der Waals surface area contributed by atoms with E-state index in [9.17, 15) is 4.79 Å². The standard InChI is InChI=1S/C13H15ClN4OS/c1-18-6-4-16-12(18)13(19)17-5-7-20-9-10-2-3-15-11(14)8-10/h2-4,6,8H,5,7,9H2,1H3,(H,17,19). The quantitative estimate of drug-likeness (QED) is 0.656. The van der Waals surface area contributed by atoms with E-state index in [0.29, 0.717) is 17.5 Å². The van der Waals surface area contributed by atoms with Crippen molar-refractivity contribution in [3.05, 3.63) is 47.3 Å². The second-order valence-electron chi connectivity index (χ2n) is 4.16. The molecule has 1 amide bonds. The van der Waals surface area contributed by atoms with Crippen molar-refractivity contribution in [1.29, 1.82) is 0 Å². The first-order chi connectivity index (χ1) is 9.66. The molecule has 0 spiro atoms. The van der Waals surface area contributed by atoms with Crippen LogP contribution in [-0.4, -0.2) is 32.7 Å². The lowest BCUT2D eigenvalue weighted by atomic mass is 10.3. The third-order valence-corrected chi connectivity index (χ3v) is 3.85. The van der Waals surface area contributed by atoms with Crippen LogP contribution >= 0.6 is 23.4 Å². The second-order valence-corrected chi connectivity index (χ2v) is 5.65. The zero-order valence-corrected chi connectivity index (χ0v) is 12.6. The third-order valence-electron chi connectivity index (χ3n) is 2.62. The molecule has 0 aliphatic heterocycles. The smallest absolute Gasteiger partial charge is 0.287 e. The Morgan fingerprint density at radius 2 is 2.30 bits per heavy atom. The lowest BCUT2D eigenvalue weighted by Gasteiger charge is -2.05.